The number of alkyl halides is 1. The minimum absolute atomic E-state index is 0.0660. The number of hydrogen-bond acceptors (Lipinski definition) is 0. The van der Waals surface area contributed by atoms with Gasteiger partial charge in [0.25, 0.3) is 0 Å². The molecule has 0 aliphatic carbocycles. The Bertz CT molecular complexity index is 355. The molecule has 1 unspecified atom stereocenters. The van der Waals surface area contributed by atoms with Gasteiger partial charge in [0.1, 0.15) is 5.82 Å². The third kappa shape index (κ3) is 3.36. The van der Waals surface area contributed by atoms with Crippen LogP contribution in [0.4, 0.5) is 4.39 Å². The molecule has 1 aromatic carbocycles. The Balaban J connectivity index is 2.91. The first-order valence-corrected chi connectivity index (χ1v) is 6.26. The predicted molar refractivity (Wildman–Crippen MR) is 68.8 cm³/mol. The fourth-order valence-electron chi connectivity index (χ4n) is 1.56. The van der Waals surface area contributed by atoms with Crippen molar-refractivity contribution in [2.75, 3.05) is 5.88 Å². The van der Waals surface area contributed by atoms with Crippen LogP contribution in [-0.2, 0) is 6.42 Å². The van der Waals surface area contributed by atoms with E-state index in [-0.39, 0.29) is 22.2 Å². The molecule has 0 heterocycles. The lowest BCUT2D eigenvalue weighted by molar-refractivity contribution is 0.262. The van der Waals surface area contributed by atoms with Crippen LogP contribution in [0.25, 0.3) is 0 Å². The molecule has 0 aromatic heterocycles. The van der Waals surface area contributed by atoms with Crippen molar-refractivity contribution in [3.8, 4) is 0 Å². The summed E-state index contributed by atoms with van der Waals surface area (Å²) < 4.78 is 13.7. The van der Waals surface area contributed by atoms with E-state index in [1.54, 1.807) is 18.2 Å². The molecule has 0 saturated carbocycles. The summed E-state index contributed by atoms with van der Waals surface area (Å²) in [6, 6.07) is 5.11. The van der Waals surface area contributed by atoms with Crippen LogP contribution in [0.3, 0.4) is 0 Å². The maximum absolute atomic E-state index is 13.7. The molecule has 0 aliphatic rings. The van der Waals surface area contributed by atoms with Crippen molar-refractivity contribution < 1.29 is 4.39 Å². The normalized spacial score (nSPS) is 13.9. The topological polar surface area (TPSA) is 0 Å². The van der Waals surface area contributed by atoms with Crippen LogP contribution in [0.5, 0.6) is 0 Å². The second-order valence-electron chi connectivity index (χ2n) is 5.13. The molecule has 0 spiro atoms. The fourth-order valence-corrected chi connectivity index (χ4v) is 2.33. The highest BCUT2D eigenvalue weighted by Gasteiger charge is 2.25. The van der Waals surface area contributed by atoms with E-state index < -0.39 is 0 Å². The minimum Gasteiger partial charge on any atom is -0.205 e. The monoisotopic (exact) mass is 262 g/mol. The molecule has 0 nitrogen and oxygen atoms in total. The molecular formula is C13H17Cl2F. The zero-order valence-corrected chi connectivity index (χ0v) is 11.4. The number of benzene rings is 1. The SMILES string of the molecule is CC(C)(C)C(CCl)Cc1cccc(Cl)c1F. The van der Waals surface area contributed by atoms with Gasteiger partial charge in [-0.25, -0.2) is 4.39 Å². The van der Waals surface area contributed by atoms with E-state index in [0.29, 0.717) is 17.9 Å². The van der Waals surface area contributed by atoms with Gasteiger partial charge in [-0.3, -0.25) is 0 Å². The van der Waals surface area contributed by atoms with Crippen molar-refractivity contribution in [1.29, 1.82) is 0 Å². The summed E-state index contributed by atoms with van der Waals surface area (Å²) in [5, 5.41) is 0.180. The molecule has 0 aliphatic heterocycles. The van der Waals surface area contributed by atoms with Crippen LogP contribution in [0.2, 0.25) is 5.02 Å². The maximum Gasteiger partial charge on any atom is 0.144 e. The minimum atomic E-state index is -0.316. The average Bonchev–Trinajstić information content (AvgIpc) is 2.18. The number of hydrogen-bond donors (Lipinski definition) is 0. The van der Waals surface area contributed by atoms with Crippen molar-refractivity contribution in [3.63, 3.8) is 0 Å². The highest BCUT2D eigenvalue weighted by atomic mass is 35.5. The lowest BCUT2D eigenvalue weighted by Gasteiger charge is -2.29. The fraction of sp³-hybridized carbons (Fsp3) is 0.538. The van der Waals surface area contributed by atoms with Gasteiger partial charge in [0.05, 0.1) is 5.02 Å². The lowest BCUT2D eigenvalue weighted by Crippen LogP contribution is -2.24. The zero-order chi connectivity index (χ0) is 12.3. The number of halogens is 3. The Morgan fingerprint density at radius 1 is 1.31 bits per heavy atom. The summed E-state index contributed by atoms with van der Waals surface area (Å²) in [6.45, 7) is 6.34. The Morgan fingerprint density at radius 3 is 2.44 bits per heavy atom. The Kier molecular flexibility index (Phi) is 4.63. The van der Waals surface area contributed by atoms with Gasteiger partial charge in [-0.05, 0) is 29.4 Å². The quantitative estimate of drug-likeness (QED) is 0.679. The smallest absolute Gasteiger partial charge is 0.144 e. The van der Waals surface area contributed by atoms with Crippen LogP contribution in [0.15, 0.2) is 18.2 Å². The molecule has 0 N–H and O–H groups in total. The average molecular weight is 263 g/mol. The molecule has 3 heteroatoms. The Morgan fingerprint density at radius 2 is 1.94 bits per heavy atom. The van der Waals surface area contributed by atoms with Gasteiger partial charge in [-0.15, -0.1) is 11.6 Å². The summed E-state index contributed by atoms with van der Waals surface area (Å²) in [5.74, 6) is 0.445. The van der Waals surface area contributed by atoms with Crippen molar-refractivity contribution in [2.24, 2.45) is 11.3 Å². The van der Waals surface area contributed by atoms with Gasteiger partial charge in [-0.2, -0.15) is 0 Å². The van der Waals surface area contributed by atoms with E-state index in [9.17, 15) is 4.39 Å². The molecule has 0 saturated heterocycles. The van der Waals surface area contributed by atoms with Crippen LogP contribution in [0.1, 0.15) is 26.3 Å². The summed E-state index contributed by atoms with van der Waals surface area (Å²) in [7, 11) is 0. The van der Waals surface area contributed by atoms with Gasteiger partial charge in [0.15, 0.2) is 0 Å². The molecule has 0 bridgehead atoms. The third-order valence-corrected chi connectivity index (χ3v) is 3.57. The van der Waals surface area contributed by atoms with Crippen molar-refractivity contribution in [2.45, 2.75) is 27.2 Å². The third-order valence-electron chi connectivity index (χ3n) is 2.91. The van der Waals surface area contributed by atoms with Gasteiger partial charge >= 0.3 is 0 Å². The Labute approximate surface area is 107 Å². The van der Waals surface area contributed by atoms with Crippen LogP contribution < -0.4 is 0 Å². The van der Waals surface area contributed by atoms with E-state index >= 15 is 0 Å². The number of rotatable bonds is 3. The van der Waals surface area contributed by atoms with E-state index in [1.807, 2.05) is 0 Å². The first-order chi connectivity index (χ1) is 7.36. The molecule has 90 valence electrons. The molecule has 0 amide bonds. The maximum atomic E-state index is 13.7. The molecule has 1 atom stereocenters. The molecule has 1 aromatic rings. The highest BCUT2D eigenvalue weighted by Crippen LogP contribution is 2.31. The second-order valence-corrected chi connectivity index (χ2v) is 5.85. The van der Waals surface area contributed by atoms with Crippen molar-refractivity contribution in [1.82, 2.24) is 0 Å². The second kappa shape index (κ2) is 5.37. The van der Waals surface area contributed by atoms with E-state index in [4.69, 9.17) is 23.2 Å². The first kappa shape index (κ1) is 13.8. The summed E-state index contributed by atoms with van der Waals surface area (Å²) in [4.78, 5) is 0. The van der Waals surface area contributed by atoms with E-state index in [1.165, 1.54) is 0 Å². The first-order valence-electron chi connectivity index (χ1n) is 5.35. The van der Waals surface area contributed by atoms with Crippen molar-refractivity contribution >= 4 is 23.2 Å². The highest BCUT2D eigenvalue weighted by molar-refractivity contribution is 6.30. The van der Waals surface area contributed by atoms with Crippen LogP contribution >= 0.6 is 23.2 Å². The van der Waals surface area contributed by atoms with Crippen LogP contribution in [0, 0.1) is 17.2 Å². The van der Waals surface area contributed by atoms with Gasteiger partial charge in [-0.1, -0.05) is 44.5 Å². The van der Waals surface area contributed by atoms with Gasteiger partial charge < -0.3 is 0 Å². The predicted octanol–water partition coefficient (Wildman–Crippen LogP) is 4.92. The summed E-state index contributed by atoms with van der Waals surface area (Å²) in [5.41, 5.74) is 0.712. The standard InChI is InChI=1S/C13H17Cl2F/c1-13(2,3)10(8-14)7-9-5-4-6-11(15)12(9)16/h4-6,10H,7-8H2,1-3H3. The largest absolute Gasteiger partial charge is 0.205 e. The lowest BCUT2D eigenvalue weighted by atomic mass is 9.78. The summed E-state index contributed by atoms with van der Waals surface area (Å²) >= 11 is 11.7. The van der Waals surface area contributed by atoms with Crippen molar-refractivity contribution in [3.05, 3.63) is 34.6 Å². The summed E-state index contributed by atoms with van der Waals surface area (Å²) in [6.07, 6.45) is 0.624. The Hall–Kier alpha value is -0.270. The van der Waals surface area contributed by atoms with Gasteiger partial charge in [0, 0.05) is 5.88 Å². The van der Waals surface area contributed by atoms with E-state index in [0.717, 1.165) is 0 Å². The van der Waals surface area contributed by atoms with E-state index in [2.05, 4.69) is 20.8 Å². The molecule has 1 rings (SSSR count). The molecule has 0 fully saturated rings. The zero-order valence-electron chi connectivity index (χ0n) is 9.86. The van der Waals surface area contributed by atoms with Crippen LogP contribution in [-0.4, -0.2) is 5.88 Å². The molecule has 0 radical (unpaired) electrons. The molecular weight excluding hydrogens is 246 g/mol. The molecule has 16 heavy (non-hydrogen) atoms. The van der Waals surface area contributed by atoms with Gasteiger partial charge in [0.2, 0.25) is 0 Å².